The van der Waals surface area contributed by atoms with Crippen LogP contribution >= 0.6 is 0 Å². The van der Waals surface area contributed by atoms with Crippen LogP contribution in [0, 0.1) is 24.2 Å². The summed E-state index contributed by atoms with van der Waals surface area (Å²) in [5, 5.41) is 12.8. The molecule has 0 bridgehead atoms. The summed E-state index contributed by atoms with van der Waals surface area (Å²) in [6.45, 7) is 3.75. The van der Waals surface area contributed by atoms with Crippen molar-refractivity contribution in [3.05, 3.63) is 35.6 Å². The molecular weight excluding hydrogens is 266 g/mol. The van der Waals surface area contributed by atoms with E-state index in [9.17, 15) is 0 Å². The van der Waals surface area contributed by atoms with Gasteiger partial charge in [0.1, 0.15) is 11.9 Å². The Bertz CT molecular complexity index is 643. The van der Waals surface area contributed by atoms with Gasteiger partial charge in [-0.05, 0) is 30.9 Å². The first-order valence-corrected chi connectivity index (χ1v) is 7.15. The summed E-state index contributed by atoms with van der Waals surface area (Å²) in [5.41, 5.74) is 0.592. The number of anilines is 1. The fraction of sp³-hybridized carbons (Fsp3) is 0.467. The van der Waals surface area contributed by atoms with Gasteiger partial charge in [0.05, 0.1) is 5.56 Å². The molecule has 0 N–H and O–H groups in total. The van der Waals surface area contributed by atoms with Gasteiger partial charge >= 0.3 is 0 Å². The minimum absolute atomic E-state index is 0.508. The van der Waals surface area contributed by atoms with E-state index in [0.717, 1.165) is 37.6 Å². The van der Waals surface area contributed by atoms with Crippen LogP contribution in [0.5, 0.6) is 0 Å². The minimum Gasteiger partial charge on any atom is -0.356 e. The second-order valence-corrected chi connectivity index (χ2v) is 5.40. The van der Waals surface area contributed by atoms with Gasteiger partial charge in [-0.2, -0.15) is 10.2 Å². The van der Waals surface area contributed by atoms with E-state index in [1.165, 1.54) is 6.42 Å². The largest absolute Gasteiger partial charge is 0.356 e. The lowest BCUT2D eigenvalue weighted by molar-refractivity contribution is 0.369. The maximum absolute atomic E-state index is 8.82. The summed E-state index contributed by atoms with van der Waals surface area (Å²) in [4.78, 5) is 10.9. The number of nitrogens with zero attached hydrogens (tertiary/aromatic N) is 5. The Balaban J connectivity index is 1.66. The molecule has 0 saturated carbocycles. The molecule has 1 aliphatic rings. The topological polar surface area (TPSA) is 78.8 Å². The highest BCUT2D eigenvalue weighted by Crippen LogP contribution is 2.23. The van der Waals surface area contributed by atoms with Crippen molar-refractivity contribution in [2.45, 2.75) is 26.2 Å². The van der Waals surface area contributed by atoms with Crippen LogP contribution < -0.4 is 4.90 Å². The molecule has 6 heteroatoms. The highest BCUT2D eigenvalue weighted by Gasteiger charge is 2.22. The average molecular weight is 283 g/mol. The molecule has 0 radical (unpaired) electrons. The first-order chi connectivity index (χ1) is 10.2. The third-order valence-electron chi connectivity index (χ3n) is 3.76. The zero-order chi connectivity index (χ0) is 14.7. The van der Waals surface area contributed by atoms with Crippen LogP contribution in [0.15, 0.2) is 22.9 Å². The summed E-state index contributed by atoms with van der Waals surface area (Å²) in [5.74, 6) is 2.84. The third kappa shape index (κ3) is 3.19. The van der Waals surface area contributed by atoms with Crippen molar-refractivity contribution in [1.29, 1.82) is 5.26 Å². The summed E-state index contributed by atoms with van der Waals surface area (Å²) >= 11 is 0. The monoisotopic (exact) mass is 283 g/mol. The molecule has 3 rings (SSSR count). The molecule has 1 saturated heterocycles. The van der Waals surface area contributed by atoms with Crippen molar-refractivity contribution in [1.82, 2.24) is 15.1 Å². The number of aromatic nitrogens is 3. The summed E-state index contributed by atoms with van der Waals surface area (Å²) in [7, 11) is 0. The predicted octanol–water partition coefficient (Wildman–Crippen LogP) is 2.10. The number of pyridine rings is 1. The molecule has 6 nitrogen and oxygen atoms in total. The Labute approximate surface area is 123 Å². The second kappa shape index (κ2) is 5.92. The molecule has 1 aliphatic heterocycles. The fourth-order valence-electron chi connectivity index (χ4n) is 2.76. The lowest BCUT2D eigenvalue weighted by Gasteiger charge is -2.33. The van der Waals surface area contributed by atoms with Gasteiger partial charge in [0.15, 0.2) is 5.82 Å². The Morgan fingerprint density at radius 2 is 2.38 bits per heavy atom. The molecule has 108 valence electrons. The van der Waals surface area contributed by atoms with E-state index in [0.29, 0.717) is 17.4 Å². The zero-order valence-electron chi connectivity index (χ0n) is 12.0. The van der Waals surface area contributed by atoms with Crippen LogP contribution in [0.2, 0.25) is 0 Å². The molecule has 1 unspecified atom stereocenters. The first-order valence-electron chi connectivity index (χ1n) is 7.15. The highest BCUT2D eigenvalue weighted by molar-refractivity contribution is 5.42. The number of rotatable bonds is 3. The Morgan fingerprint density at radius 1 is 1.48 bits per heavy atom. The fourth-order valence-corrected chi connectivity index (χ4v) is 2.76. The van der Waals surface area contributed by atoms with Gasteiger partial charge in [-0.3, -0.25) is 0 Å². The van der Waals surface area contributed by atoms with E-state index in [2.05, 4.69) is 26.1 Å². The van der Waals surface area contributed by atoms with Crippen molar-refractivity contribution in [3.63, 3.8) is 0 Å². The molecule has 21 heavy (non-hydrogen) atoms. The minimum atomic E-state index is 0.508. The van der Waals surface area contributed by atoms with Crippen molar-refractivity contribution in [2.75, 3.05) is 18.0 Å². The molecule has 0 spiro atoms. The number of piperidine rings is 1. The maximum Gasteiger partial charge on any atom is 0.223 e. The van der Waals surface area contributed by atoms with Crippen molar-refractivity contribution >= 4 is 5.82 Å². The van der Waals surface area contributed by atoms with Crippen molar-refractivity contribution < 1.29 is 4.52 Å². The zero-order valence-corrected chi connectivity index (χ0v) is 12.0. The van der Waals surface area contributed by atoms with Crippen LogP contribution in [-0.2, 0) is 6.42 Å². The average Bonchev–Trinajstić information content (AvgIpc) is 2.93. The molecule has 1 atom stereocenters. The van der Waals surface area contributed by atoms with Crippen LogP contribution in [0.25, 0.3) is 0 Å². The van der Waals surface area contributed by atoms with Crippen LogP contribution in [0.3, 0.4) is 0 Å². The molecule has 3 heterocycles. The number of nitriles is 1. The van der Waals surface area contributed by atoms with E-state index >= 15 is 0 Å². The van der Waals surface area contributed by atoms with E-state index in [1.807, 2.05) is 19.1 Å². The molecule has 0 aliphatic carbocycles. The first kappa shape index (κ1) is 13.6. The number of hydrogen-bond donors (Lipinski definition) is 0. The van der Waals surface area contributed by atoms with Gasteiger partial charge in [-0.1, -0.05) is 5.16 Å². The SMILES string of the molecule is Cc1nc(CC2CCCN(c3ccc(C#N)cn3)C2)no1. The van der Waals surface area contributed by atoms with E-state index in [-0.39, 0.29) is 0 Å². The number of aryl methyl sites for hydroxylation is 1. The van der Waals surface area contributed by atoms with Gasteiger partial charge in [-0.15, -0.1) is 0 Å². The third-order valence-corrected chi connectivity index (χ3v) is 3.76. The number of hydrogen-bond acceptors (Lipinski definition) is 6. The van der Waals surface area contributed by atoms with Gasteiger partial charge in [-0.25, -0.2) is 4.98 Å². The van der Waals surface area contributed by atoms with Gasteiger partial charge in [0.25, 0.3) is 0 Å². The molecule has 0 aromatic carbocycles. The molecular formula is C15H17N5O. The normalized spacial score (nSPS) is 18.5. The standard InChI is InChI=1S/C15H17N5O/c1-11-18-14(19-21-11)7-12-3-2-6-20(10-12)15-5-4-13(8-16)9-17-15/h4-5,9,12H,2-3,6-7,10H2,1H3. The van der Waals surface area contributed by atoms with E-state index < -0.39 is 0 Å². The molecule has 1 fully saturated rings. The molecule has 2 aromatic heterocycles. The lowest BCUT2D eigenvalue weighted by Crippen LogP contribution is -2.36. The Morgan fingerprint density at radius 3 is 3.05 bits per heavy atom. The maximum atomic E-state index is 8.82. The van der Waals surface area contributed by atoms with E-state index in [4.69, 9.17) is 9.78 Å². The Hall–Kier alpha value is -2.42. The predicted molar refractivity (Wildman–Crippen MR) is 76.6 cm³/mol. The Kier molecular flexibility index (Phi) is 3.82. The van der Waals surface area contributed by atoms with Crippen molar-refractivity contribution in [2.24, 2.45) is 5.92 Å². The van der Waals surface area contributed by atoms with Gasteiger partial charge in [0.2, 0.25) is 5.89 Å². The van der Waals surface area contributed by atoms with Crippen LogP contribution in [-0.4, -0.2) is 28.2 Å². The van der Waals surface area contributed by atoms with Crippen LogP contribution in [0.4, 0.5) is 5.82 Å². The van der Waals surface area contributed by atoms with Crippen molar-refractivity contribution in [3.8, 4) is 6.07 Å². The lowest BCUT2D eigenvalue weighted by atomic mass is 9.94. The highest BCUT2D eigenvalue weighted by atomic mass is 16.5. The van der Waals surface area contributed by atoms with Gasteiger partial charge < -0.3 is 9.42 Å². The smallest absolute Gasteiger partial charge is 0.223 e. The summed E-state index contributed by atoms with van der Waals surface area (Å²) < 4.78 is 5.03. The quantitative estimate of drug-likeness (QED) is 0.858. The summed E-state index contributed by atoms with van der Waals surface area (Å²) in [6, 6.07) is 5.82. The van der Waals surface area contributed by atoms with Crippen LogP contribution in [0.1, 0.15) is 30.1 Å². The van der Waals surface area contributed by atoms with E-state index in [1.54, 1.807) is 6.20 Å². The second-order valence-electron chi connectivity index (χ2n) is 5.40. The molecule has 0 amide bonds. The molecule has 2 aromatic rings. The van der Waals surface area contributed by atoms with Gasteiger partial charge in [0, 0.05) is 32.6 Å². The summed E-state index contributed by atoms with van der Waals surface area (Å²) in [6.07, 6.45) is 4.76.